The van der Waals surface area contributed by atoms with Crippen molar-refractivity contribution in [2.24, 2.45) is 0 Å². The summed E-state index contributed by atoms with van der Waals surface area (Å²) >= 11 is 0. The SMILES string of the molecule is CN1CC(NCc2cc(F)c(O)c(F)c2)CCC1=O. The summed E-state index contributed by atoms with van der Waals surface area (Å²) in [5, 5.41) is 12.2. The maximum Gasteiger partial charge on any atom is 0.222 e. The lowest BCUT2D eigenvalue weighted by Gasteiger charge is -2.30. The van der Waals surface area contributed by atoms with Gasteiger partial charge < -0.3 is 15.3 Å². The predicted octanol–water partition coefficient (Wildman–Crippen LogP) is 1.38. The molecule has 6 heteroatoms. The molecular formula is C13H16F2N2O2. The van der Waals surface area contributed by atoms with Crippen LogP contribution in [0.25, 0.3) is 0 Å². The average molecular weight is 270 g/mol. The third-order valence-electron chi connectivity index (χ3n) is 3.30. The average Bonchev–Trinajstić information content (AvgIpc) is 2.37. The number of carbonyl (C=O) groups is 1. The largest absolute Gasteiger partial charge is 0.503 e. The first kappa shape index (κ1) is 13.7. The first-order valence-corrected chi connectivity index (χ1v) is 6.11. The van der Waals surface area contributed by atoms with Crippen molar-refractivity contribution < 1.29 is 18.7 Å². The van der Waals surface area contributed by atoms with E-state index in [1.165, 1.54) is 0 Å². The lowest BCUT2D eigenvalue weighted by atomic mass is 10.1. The molecule has 1 fully saturated rings. The second-order valence-electron chi connectivity index (χ2n) is 4.80. The molecule has 1 aromatic rings. The Balaban J connectivity index is 1.94. The smallest absolute Gasteiger partial charge is 0.222 e. The van der Waals surface area contributed by atoms with E-state index in [0.717, 1.165) is 12.1 Å². The van der Waals surface area contributed by atoms with Crippen molar-refractivity contribution in [3.8, 4) is 5.75 Å². The number of nitrogens with one attached hydrogen (secondary N) is 1. The number of amides is 1. The second-order valence-corrected chi connectivity index (χ2v) is 4.80. The third kappa shape index (κ3) is 3.20. The van der Waals surface area contributed by atoms with E-state index in [1.54, 1.807) is 11.9 Å². The molecule has 1 aromatic carbocycles. The standard InChI is InChI=1S/C13H16F2N2O2/c1-17-7-9(2-3-12(17)18)16-6-8-4-10(14)13(19)11(15)5-8/h4-5,9,16,19H,2-3,6-7H2,1H3. The molecule has 1 unspecified atom stereocenters. The molecule has 4 nitrogen and oxygen atoms in total. The van der Waals surface area contributed by atoms with E-state index in [1.807, 2.05) is 0 Å². The molecule has 1 amide bonds. The summed E-state index contributed by atoms with van der Waals surface area (Å²) in [5.74, 6) is -2.77. The Labute approximate surface area is 110 Å². The predicted molar refractivity (Wildman–Crippen MR) is 65.5 cm³/mol. The van der Waals surface area contributed by atoms with E-state index < -0.39 is 17.4 Å². The zero-order valence-corrected chi connectivity index (χ0v) is 10.6. The molecule has 2 N–H and O–H groups in total. The van der Waals surface area contributed by atoms with Crippen molar-refractivity contribution in [3.05, 3.63) is 29.3 Å². The van der Waals surface area contributed by atoms with Crippen molar-refractivity contribution in [2.45, 2.75) is 25.4 Å². The van der Waals surface area contributed by atoms with Crippen LogP contribution < -0.4 is 5.32 Å². The van der Waals surface area contributed by atoms with E-state index in [9.17, 15) is 13.6 Å². The summed E-state index contributed by atoms with van der Waals surface area (Å²) in [6.45, 7) is 0.878. The fraction of sp³-hybridized carbons (Fsp3) is 0.462. The van der Waals surface area contributed by atoms with Gasteiger partial charge in [-0.15, -0.1) is 0 Å². The van der Waals surface area contributed by atoms with Crippen LogP contribution in [-0.2, 0) is 11.3 Å². The van der Waals surface area contributed by atoms with Crippen molar-refractivity contribution in [3.63, 3.8) is 0 Å². The molecule has 0 bridgehead atoms. The Bertz CT molecular complexity index is 471. The number of nitrogens with zero attached hydrogens (tertiary/aromatic N) is 1. The molecule has 1 aliphatic heterocycles. The summed E-state index contributed by atoms with van der Waals surface area (Å²) in [5.41, 5.74) is 0.423. The number of piperidine rings is 1. The second kappa shape index (κ2) is 5.52. The maximum atomic E-state index is 13.1. The molecule has 0 aliphatic carbocycles. The van der Waals surface area contributed by atoms with Crippen LogP contribution in [0.1, 0.15) is 18.4 Å². The van der Waals surface area contributed by atoms with Crippen LogP contribution in [0.4, 0.5) is 8.78 Å². The van der Waals surface area contributed by atoms with Gasteiger partial charge in [-0.3, -0.25) is 4.79 Å². The molecule has 104 valence electrons. The van der Waals surface area contributed by atoms with E-state index in [2.05, 4.69) is 5.32 Å². The van der Waals surface area contributed by atoms with Gasteiger partial charge in [0, 0.05) is 32.6 Å². The topological polar surface area (TPSA) is 52.6 Å². The van der Waals surface area contributed by atoms with Gasteiger partial charge in [0.1, 0.15) is 0 Å². The zero-order valence-electron chi connectivity index (χ0n) is 10.6. The first-order chi connectivity index (χ1) is 8.97. The van der Waals surface area contributed by atoms with Gasteiger partial charge in [-0.1, -0.05) is 0 Å². The molecule has 1 atom stereocenters. The quantitative estimate of drug-likeness (QED) is 0.872. The highest BCUT2D eigenvalue weighted by molar-refractivity contribution is 5.76. The van der Waals surface area contributed by atoms with Gasteiger partial charge in [0.05, 0.1) is 0 Å². The van der Waals surface area contributed by atoms with Crippen molar-refractivity contribution in [2.75, 3.05) is 13.6 Å². The summed E-state index contributed by atoms with van der Waals surface area (Å²) in [6.07, 6.45) is 1.19. The minimum atomic E-state index is -0.965. The lowest BCUT2D eigenvalue weighted by molar-refractivity contribution is -0.132. The minimum Gasteiger partial charge on any atom is -0.503 e. The van der Waals surface area contributed by atoms with Crippen molar-refractivity contribution in [1.29, 1.82) is 0 Å². The molecule has 1 saturated heterocycles. The van der Waals surface area contributed by atoms with Crippen LogP contribution in [0.15, 0.2) is 12.1 Å². The number of hydrogen-bond acceptors (Lipinski definition) is 3. The van der Waals surface area contributed by atoms with Gasteiger partial charge in [0.2, 0.25) is 5.91 Å². The number of phenols is 1. The van der Waals surface area contributed by atoms with Gasteiger partial charge in [-0.05, 0) is 24.1 Å². The van der Waals surface area contributed by atoms with Crippen LogP contribution in [0.2, 0.25) is 0 Å². The Morgan fingerprint density at radius 3 is 2.63 bits per heavy atom. The fourth-order valence-corrected chi connectivity index (χ4v) is 2.16. The molecule has 0 saturated carbocycles. The summed E-state index contributed by atoms with van der Waals surface area (Å²) < 4.78 is 26.3. The van der Waals surface area contributed by atoms with Gasteiger partial charge in [-0.2, -0.15) is 0 Å². The highest BCUT2D eigenvalue weighted by atomic mass is 19.1. The van der Waals surface area contributed by atoms with Gasteiger partial charge in [0.25, 0.3) is 0 Å². The van der Waals surface area contributed by atoms with E-state index in [-0.39, 0.29) is 11.9 Å². The summed E-state index contributed by atoms with van der Waals surface area (Å²) in [7, 11) is 1.73. The van der Waals surface area contributed by atoms with Gasteiger partial charge in [0.15, 0.2) is 17.4 Å². The zero-order chi connectivity index (χ0) is 14.0. The van der Waals surface area contributed by atoms with E-state index in [4.69, 9.17) is 5.11 Å². The number of phenolic OH excluding ortho intramolecular Hbond substituents is 1. The van der Waals surface area contributed by atoms with E-state index in [0.29, 0.717) is 31.5 Å². The molecular weight excluding hydrogens is 254 g/mol. The minimum absolute atomic E-state index is 0.111. The number of likely N-dealkylation sites (tertiary alicyclic amines) is 1. The number of rotatable bonds is 3. The van der Waals surface area contributed by atoms with Crippen molar-refractivity contribution >= 4 is 5.91 Å². The molecule has 0 aromatic heterocycles. The normalized spacial score (nSPS) is 19.8. The molecule has 0 radical (unpaired) electrons. The summed E-state index contributed by atoms with van der Waals surface area (Å²) in [6, 6.07) is 2.31. The molecule has 2 rings (SSSR count). The Kier molecular flexibility index (Phi) is 3.99. The number of likely N-dealkylation sites (N-methyl/N-ethyl adjacent to an activating group) is 1. The number of halogens is 2. The van der Waals surface area contributed by atoms with Crippen LogP contribution in [0.3, 0.4) is 0 Å². The molecule has 1 heterocycles. The van der Waals surface area contributed by atoms with Crippen molar-refractivity contribution in [1.82, 2.24) is 10.2 Å². The Morgan fingerprint density at radius 1 is 1.42 bits per heavy atom. The van der Waals surface area contributed by atoms with Gasteiger partial charge >= 0.3 is 0 Å². The molecule has 0 spiro atoms. The fourth-order valence-electron chi connectivity index (χ4n) is 2.16. The maximum absolute atomic E-state index is 13.1. The van der Waals surface area contributed by atoms with Crippen LogP contribution in [0.5, 0.6) is 5.75 Å². The van der Waals surface area contributed by atoms with Crippen LogP contribution in [-0.4, -0.2) is 35.5 Å². The van der Waals surface area contributed by atoms with Gasteiger partial charge in [-0.25, -0.2) is 8.78 Å². The number of hydrogen-bond donors (Lipinski definition) is 2. The van der Waals surface area contributed by atoms with Crippen LogP contribution >= 0.6 is 0 Å². The van der Waals surface area contributed by atoms with Crippen LogP contribution in [0, 0.1) is 11.6 Å². The highest BCUT2D eigenvalue weighted by Crippen LogP contribution is 2.21. The van der Waals surface area contributed by atoms with E-state index >= 15 is 0 Å². The lowest BCUT2D eigenvalue weighted by Crippen LogP contribution is -2.46. The third-order valence-corrected chi connectivity index (χ3v) is 3.30. The number of aromatic hydroxyl groups is 1. The summed E-state index contributed by atoms with van der Waals surface area (Å²) in [4.78, 5) is 12.9. The number of carbonyl (C=O) groups excluding carboxylic acids is 1. The Hall–Kier alpha value is -1.69. The Morgan fingerprint density at radius 2 is 2.05 bits per heavy atom. The highest BCUT2D eigenvalue weighted by Gasteiger charge is 2.22. The molecule has 1 aliphatic rings. The monoisotopic (exact) mass is 270 g/mol. The molecule has 19 heavy (non-hydrogen) atoms. The first-order valence-electron chi connectivity index (χ1n) is 6.11. The number of benzene rings is 1.